The van der Waals surface area contributed by atoms with Crippen LogP contribution in [0.1, 0.15) is 21.9 Å². The zero-order chi connectivity index (χ0) is 51.4. The standard InChI is InChI=1S/C49H30N8/c1-2-15-31(16-3-1)47-52-48(54-49(53-47)57-37-22-8-4-17-32(37)33-18-5-9-23-38(33)57)36-21-12-26-43(55-39-24-10-6-19-34(39)44-41(55)27-13-29-50-44)46(36)56-40-25-11-7-20-35(40)45-42(56)28-14-30-51-45/h1-30H/i1D,2D,3D,4D,5D,8D,9D,12D,15D,16D,17D,18D,21D,22D,23D,26D. The number of benzene rings is 6. The van der Waals surface area contributed by atoms with Gasteiger partial charge in [-0.2, -0.15) is 9.97 Å². The third-order valence-corrected chi connectivity index (χ3v) is 9.93. The maximum atomic E-state index is 9.95. The Morgan fingerprint density at radius 3 is 1.65 bits per heavy atom. The molecule has 6 aromatic carbocycles. The normalized spacial score (nSPS) is 15.8. The third kappa shape index (κ3) is 4.64. The van der Waals surface area contributed by atoms with E-state index in [0.29, 0.717) is 43.9 Å². The molecule has 0 aliphatic carbocycles. The van der Waals surface area contributed by atoms with Crippen molar-refractivity contribution in [1.29, 1.82) is 0 Å². The Balaban J connectivity index is 1.35. The summed E-state index contributed by atoms with van der Waals surface area (Å²) in [5, 5.41) is 0.680. The Morgan fingerprint density at radius 2 is 0.965 bits per heavy atom. The molecular formula is C49H30N8. The molecule has 0 amide bonds. The largest absolute Gasteiger partial charge is 0.305 e. The Bertz CT molecular complexity index is 4280. The van der Waals surface area contributed by atoms with Gasteiger partial charge in [-0.1, -0.05) is 109 Å². The Morgan fingerprint density at radius 1 is 0.404 bits per heavy atom. The molecule has 0 fully saturated rings. The predicted octanol–water partition coefficient (Wildman–Crippen LogP) is 11.3. The number of hydrogen-bond donors (Lipinski definition) is 0. The molecule has 0 saturated heterocycles. The lowest BCUT2D eigenvalue weighted by molar-refractivity contribution is 0.950. The van der Waals surface area contributed by atoms with Crippen LogP contribution in [0.2, 0.25) is 0 Å². The summed E-state index contributed by atoms with van der Waals surface area (Å²) >= 11 is 0. The topological polar surface area (TPSA) is 79.2 Å². The molecule has 0 spiro atoms. The fourth-order valence-corrected chi connectivity index (χ4v) is 7.65. The average molecular weight is 747 g/mol. The van der Waals surface area contributed by atoms with Gasteiger partial charge in [-0.05, 0) is 60.6 Å². The van der Waals surface area contributed by atoms with Crippen LogP contribution < -0.4 is 0 Å². The van der Waals surface area contributed by atoms with Crippen molar-refractivity contribution >= 4 is 65.7 Å². The minimum absolute atomic E-state index is 0.0342. The Hall–Kier alpha value is -7.97. The number of pyridine rings is 2. The van der Waals surface area contributed by atoms with Crippen LogP contribution in [0, 0.1) is 0 Å². The smallest absolute Gasteiger partial charge is 0.238 e. The quantitative estimate of drug-likeness (QED) is 0.175. The van der Waals surface area contributed by atoms with Gasteiger partial charge in [0.05, 0.1) is 77.4 Å². The molecule has 0 unspecified atom stereocenters. The van der Waals surface area contributed by atoms with Crippen molar-refractivity contribution in [2.24, 2.45) is 0 Å². The molecule has 6 heterocycles. The lowest BCUT2D eigenvalue weighted by atomic mass is 10.1. The number of aromatic nitrogens is 8. The minimum atomic E-state index is -0.770. The molecule has 0 atom stereocenters. The summed E-state index contributed by atoms with van der Waals surface area (Å²) in [4.78, 5) is 23.8. The van der Waals surface area contributed by atoms with Crippen molar-refractivity contribution < 1.29 is 21.9 Å². The highest BCUT2D eigenvalue weighted by Crippen LogP contribution is 2.41. The van der Waals surface area contributed by atoms with Gasteiger partial charge in [-0.15, -0.1) is 0 Å². The molecular weight excluding hydrogens is 701 g/mol. The number of fused-ring (bicyclic) bond motifs is 9. The lowest BCUT2D eigenvalue weighted by Crippen LogP contribution is -2.10. The van der Waals surface area contributed by atoms with E-state index in [0.717, 1.165) is 4.57 Å². The second-order valence-electron chi connectivity index (χ2n) is 13.0. The van der Waals surface area contributed by atoms with Crippen LogP contribution in [0.3, 0.4) is 0 Å². The molecule has 0 aliphatic heterocycles. The fourth-order valence-electron chi connectivity index (χ4n) is 7.65. The van der Waals surface area contributed by atoms with Crippen LogP contribution in [-0.4, -0.2) is 38.6 Å². The molecule has 266 valence electrons. The molecule has 12 rings (SSSR count). The summed E-state index contributed by atoms with van der Waals surface area (Å²) in [7, 11) is 0. The van der Waals surface area contributed by atoms with E-state index in [2.05, 4.69) is 4.98 Å². The lowest BCUT2D eigenvalue weighted by Gasteiger charge is -2.20. The molecule has 0 bridgehead atoms. The van der Waals surface area contributed by atoms with Gasteiger partial charge in [0.15, 0.2) is 11.6 Å². The second-order valence-corrected chi connectivity index (χ2v) is 13.0. The Kier molecular flexibility index (Phi) is 4.21. The molecule has 12 aromatic rings. The summed E-state index contributed by atoms with van der Waals surface area (Å²) in [5.41, 5.74) is 1.53. The monoisotopic (exact) mass is 746 g/mol. The first kappa shape index (κ1) is 19.6. The fraction of sp³-hybridized carbons (Fsp3) is 0. The highest BCUT2D eigenvalue weighted by atomic mass is 15.2. The van der Waals surface area contributed by atoms with Gasteiger partial charge in [0.2, 0.25) is 5.95 Å². The van der Waals surface area contributed by atoms with Crippen LogP contribution in [0.5, 0.6) is 0 Å². The molecule has 57 heavy (non-hydrogen) atoms. The summed E-state index contributed by atoms with van der Waals surface area (Å²) in [5.74, 6) is -1.75. The van der Waals surface area contributed by atoms with Gasteiger partial charge in [0.25, 0.3) is 0 Å². The molecule has 8 heteroatoms. The van der Waals surface area contributed by atoms with Gasteiger partial charge in [-0.25, -0.2) is 4.98 Å². The zero-order valence-corrected chi connectivity index (χ0v) is 29.2. The van der Waals surface area contributed by atoms with Crippen molar-refractivity contribution in [2.45, 2.75) is 0 Å². The number of rotatable bonds is 5. The van der Waals surface area contributed by atoms with E-state index in [1.165, 1.54) is 0 Å². The van der Waals surface area contributed by atoms with Crippen LogP contribution in [0.4, 0.5) is 0 Å². The maximum absolute atomic E-state index is 9.95. The van der Waals surface area contributed by atoms with Gasteiger partial charge in [0, 0.05) is 45.1 Å². The SMILES string of the molecule is [2H]c1c([2H])c([2H])c(-c2nc(-c3c([2H])c([2H])c([2H])c(-n4c5ccccc5c5ncccc54)c3-n3c4ccccc4c4ncccc43)nc(-n3c4c([2H])c([2H])c([2H])c([2H])c4c4c([2H])c([2H])c([2H])c([2H])c43)n2)c([2H])c1[2H]. The molecule has 0 radical (unpaired) electrons. The molecule has 6 aromatic heterocycles. The number of para-hydroxylation sites is 5. The molecule has 0 saturated carbocycles. The van der Waals surface area contributed by atoms with Crippen LogP contribution in [0.15, 0.2) is 182 Å². The van der Waals surface area contributed by atoms with E-state index in [1.807, 2.05) is 30.3 Å². The third-order valence-electron chi connectivity index (χ3n) is 9.93. The summed E-state index contributed by atoms with van der Waals surface area (Å²) in [6, 6.07) is 10.4. The summed E-state index contributed by atoms with van der Waals surface area (Å²) in [6.45, 7) is 0. The van der Waals surface area contributed by atoms with Gasteiger partial charge in [-0.3, -0.25) is 14.5 Å². The van der Waals surface area contributed by atoms with Crippen LogP contribution in [0.25, 0.3) is 106 Å². The Labute approximate surface area is 348 Å². The molecule has 0 N–H and O–H groups in total. The average Bonchev–Trinajstić information content (AvgIpc) is 4.05. The molecule has 8 nitrogen and oxygen atoms in total. The van der Waals surface area contributed by atoms with Gasteiger partial charge in [0.1, 0.15) is 0 Å². The highest BCUT2D eigenvalue weighted by Gasteiger charge is 2.25. The first-order chi connectivity index (χ1) is 35.0. The van der Waals surface area contributed by atoms with Gasteiger partial charge < -0.3 is 9.13 Å². The van der Waals surface area contributed by atoms with Crippen molar-refractivity contribution in [3.63, 3.8) is 0 Å². The van der Waals surface area contributed by atoms with E-state index < -0.39 is 131 Å². The van der Waals surface area contributed by atoms with Crippen molar-refractivity contribution in [3.8, 4) is 40.1 Å². The van der Waals surface area contributed by atoms with E-state index in [1.54, 1.807) is 64.0 Å². The van der Waals surface area contributed by atoms with Gasteiger partial charge >= 0.3 is 0 Å². The number of hydrogen-bond acceptors (Lipinski definition) is 5. The second kappa shape index (κ2) is 12.3. The minimum Gasteiger partial charge on any atom is -0.305 e. The van der Waals surface area contributed by atoms with E-state index >= 15 is 0 Å². The van der Waals surface area contributed by atoms with Crippen molar-refractivity contribution in [1.82, 2.24) is 38.6 Å². The predicted molar refractivity (Wildman–Crippen MR) is 229 cm³/mol. The van der Waals surface area contributed by atoms with Crippen LogP contribution >= 0.6 is 0 Å². The van der Waals surface area contributed by atoms with E-state index in [-0.39, 0.29) is 27.7 Å². The zero-order valence-electron chi connectivity index (χ0n) is 45.2. The van der Waals surface area contributed by atoms with Crippen molar-refractivity contribution in [3.05, 3.63) is 182 Å². The summed E-state index contributed by atoms with van der Waals surface area (Å²) < 4.78 is 149. The summed E-state index contributed by atoms with van der Waals surface area (Å²) in [6.07, 6.45) is 3.23. The first-order valence-corrected chi connectivity index (χ1v) is 17.6. The van der Waals surface area contributed by atoms with Crippen LogP contribution in [-0.2, 0) is 0 Å². The van der Waals surface area contributed by atoms with E-state index in [9.17, 15) is 6.85 Å². The maximum Gasteiger partial charge on any atom is 0.238 e. The first-order valence-electron chi connectivity index (χ1n) is 25.6. The van der Waals surface area contributed by atoms with E-state index in [4.69, 9.17) is 35.0 Å². The number of nitrogens with zero attached hydrogens (tertiary/aromatic N) is 8. The highest BCUT2D eigenvalue weighted by molar-refractivity contribution is 6.11. The molecule has 0 aliphatic rings. The van der Waals surface area contributed by atoms with Crippen molar-refractivity contribution in [2.75, 3.05) is 0 Å².